The molecule has 0 radical (unpaired) electrons. The van der Waals surface area contributed by atoms with Crippen LogP contribution in [0.4, 0.5) is 0 Å². The van der Waals surface area contributed by atoms with Crippen molar-refractivity contribution in [1.29, 1.82) is 0 Å². The van der Waals surface area contributed by atoms with E-state index < -0.39 is 0 Å². The van der Waals surface area contributed by atoms with Crippen molar-refractivity contribution in [3.63, 3.8) is 0 Å². The first-order valence-electron chi connectivity index (χ1n) is 7.33. The topological polar surface area (TPSA) is 42.7 Å². The minimum atomic E-state index is 0.260. The quantitative estimate of drug-likeness (QED) is 0.781. The normalized spacial score (nSPS) is 12.7. The van der Waals surface area contributed by atoms with Gasteiger partial charge in [0.05, 0.1) is 5.69 Å². The van der Waals surface area contributed by atoms with Crippen molar-refractivity contribution in [2.75, 3.05) is 6.54 Å². The molecule has 0 aliphatic heterocycles. The molecule has 0 aliphatic rings. The predicted octanol–water partition coefficient (Wildman–Crippen LogP) is 2.86. The number of likely N-dealkylation sites (N-methyl/N-ethyl adjacent to an activating group) is 1. The maximum Gasteiger partial charge on any atom is 0.0845 e. The molecule has 4 heteroatoms. The highest BCUT2D eigenvalue weighted by atomic mass is 15.4. The Labute approximate surface area is 124 Å². The fourth-order valence-electron chi connectivity index (χ4n) is 2.68. The number of nitrogens with one attached hydrogen (secondary N) is 1. The van der Waals surface area contributed by atoms with Crippen molar-refractivity contribution in [3.05, 3.63) is 59.9 Å². The molecule has 1 unspecified atom stereocenters. The highest BCUT2D eigenvalue weighted by Crippen LogP contribution is 2.22. The molecule has 1 atom stereocenters. The number of hydrogen-bond donors (Lipinski definition) is 1. The fourth-order valence-corrected chi connectivity index (χ4v) is 2.68. The van der Waals surface area contributed by atoms with Gasteiger partial charge in [-0.1, -0.05) is 48.5 Å². The van der Waals surface area contributed by atoms with E-state index in [9.17, 15) is 0 Å². The summed E-state index contributed by atoms with van der Waals surface area (Å²) >= 11 is 0. The third-order valence-electron chi connectivity index (χ3n) is 3.69. The van der Waals surface area contributed by atoms with Crippen molar-refractivity contribution >= 4 is 10.8 Å². The lowest BCUT2D eigenvalue weighted by Gasteiger charge is -2.17. The number of rotatable bonds is 5. The molecular formula is C17H20N4. The van der Waals surface area contributed by atoms with Gasteiger partial charge in [-0.3, -0.25) is 4.68 Å². The summed E-state index contributed by atoms with van der Waals surface area (Å²) in [5.74, 6) is 0. The summed E-state index contributed by atoms with van der Waals surface area (Å²) in [6, 6.07) is 15.4. The molecule has 2 aromatic carbocycles. The summed E-state index contributed by atoms with van der Waals surface area (Å²) in [6.45, 7) is 3.06. The third kappa shape index (κ3) is 3.11. The molecule has 21 heavy (non-hydrogen) atoms. The number of benzene rings is 2. The van der Waals surface area contributed by atoms with E-state index in [-0.39, 0.29) is 6.04 Å². The van der Waals surface area contributed by atoms with Crippen LogP contribution >= 0.6 is 0 Å². The van der Waals surface area contributed by atoms with E-state index in [0.717, 1.165) is 18.7 Å². The monoisotopic (exact) mass is 280 g/mol. The molecule has 0 fully saturated rings. The Bertz CT molecular complexity index is 732. The number of fused-ring (bicyclic) bond motifs is 1. The number of nitrogens with zero attached hydrogens (tertiary/aromatic N) is 3. The molecular weight excluding hydrogens is 260 g/mol. The Balaban J connectivity index is 1.90. The Kier molecular flexibility index (Phi) is 3.97. The van der Waals surface area contributed by atoms with Crippen LogP contribution in [0.25, 0.3) is 10.8 Å². The van der Waals surface area contributed by atoms with Gasteiger partial charge in [-0.25, -0.2) is 0 Å². The van der Waals surface area contributed by atoms with Gasteiger partial charge in [-0.2, -0.15) is 0 Å². The van der Waals surface area contributed by atoms with Crippen LogP contribution in [-0.4, -0.2) is 21.5 Å². The standard InChI is InChI=1S/C17H20N4/c1-3-18-17(11-16-12-21(2)20-19-16)15-9-8-13-6-4-5-7-14(13)10-15/h4-10,12,17-18H,3,11H2,1-2H3. The summed E-state index contributed by atoms with van der Waals surface area (Å²) in [6.07, 6.45) is 2.82. The molecule has 0 amide bonds. The largest absolute Gasteiger partial charge is 0.310 e. The van der Waals surface area contributed by atoms with E-state index in [4.69, 9.17) is 0 Å². The lowest BCUT2D eigenvalue weighted by molar-refractivity contribution is 0.544. The van der Waals surface area contributed by atoms with Crippen molar-refractivity contribution in [2.24, 2.45) is 7.05 Å². The summed E-state index contributed by atoms with van der Waals surface area (Å²) in [5.41, 5.74) is 2.30. The lowest BCUT2D eigenvalue weighted by atomic mass is 9.98. The first kappa shape index (κ1) is 13.8. The third-order valence-corrected chi connectivity index (χ3v) is 3.69. The van der Waals surface area contributed by atoms with Crippen LogP contribution in [0.1, 0.15) is 24.2 Å². The first-order valence-corrected chi connectivity index (χ1v) is 7.33. The molecule has 0 spiro atoms. The number of aromatic nitrogens is 3. The zero-order valence-electron chi connectivity index (χ0n) is 12.5. The SMILES string of the molecule is CCNC(Cc1cn(C)nn1)c1ccc2ccccc2c1. The zero-order chi connectivity index (χ0) is 14.7. The average molecular weight is 280 g/mol. The van der Waals surface area contributed by atoms with E-state index in [2.05, 4.69) is 65.0 Å². The van der Waals surface area contributed by atoms with E-state index in [1.807, 2.05) is 13.2 Å². The summed E-state index contributed by atoms with van der Waals surface area (Å²) in [4.78, 5) is 0. The van der Waals surface area contributed by atoms with Gasteiger partial charge in [0.1, 0.15) is 0 Å². The van der Waals surface area contributed by atoms with Crippen LogP contribution in [-0.2, 0) is 13.5 Å². The average Bonchev–Trinajstić information content (AvgIpc) is 2.91. The Morgan fingerprint density at radius 2 is 1.95 bits per heavy atom. The Morgan fingerprint density at radius 1 is 1.14 bits per heavy atom. The second-order valence-electron chi connectivity index (χ2n) is 5.30. The van der Waals surface area contributed by atoms with Crippen LogP contribution in [0.15, 0.2) is 48.7 Å². The highest BCUT2D eigenvalue weighted by molar-refractivity contribution is 5.83. The molecule has 0 aliphatic carbocycles. The molecule has 0 saturated heterocycles. The minimum Gasteiger partial charge on any atom is -0.310 e. The van der Waals surface area contributed by atoms with Crippen LogP contribution in [0.3, 0.4) is 0 Å². The van der Waals surface area contributed by atoms with Gasteiger partial charge in [-0.05, 0) is 28.9 Å². The van der Waals surface area contributed by atoms with Crippen LogP contribution in [0.2, 0.25) is 0 Å². The van der Waals surface area contributed by atoms with Crippen LogP contribution in [0.5, 0.6) is 0 Å². The second kappa shape index (κ2) is 6.06. The first-order chi connectivity index (χ1) is 10.3. The maximum absolute atomic E-state index is 4.20. The Hall–Kier alpha value is -2.20. The van der Waals surface area contributed by atoms with Crippen LogP contribution in [0, 0.1) is 0 Å². The molecule has 108 valence electrons. The molecule has 4 nitrogen and oxygen atoms in total. The van der Waals surface area contributed by atoms with E-state index in [1.54, 1.807) is 4.68 Å². The molecule has 1 aromatic heterocycles. The van der Waals surface area contributed by atoms with Crippen molar-refractivity contribution < 1.29 is 0 Å². The highest BCUT2D eigenvalue weighted by Gasteiger charge is 2.13. The molecule has 3 rings (SSSR count). The summed E-state index contributed by atoms with van der Waals surface area (Å²) < 4.78 is 1.75. The van der Waals surface area contributed by atoms with E-state index in [1.165, 1.54) is 16.3 Å². The minimum absolute atomic E-state index is 0.260. The van der Waals surface area contributed by atoms with Gasteiger partial charge in [-0.15, -0.1) is 5.10 Å². The van der Waals surface area contributed by atoms with Crippen LogP contribution < -0.4 is 5.32 Å². The fraction of sp³-hybridized carbons (Fsp3) is 0.294. The molecule has 1 heterocycles. The lowest BCUT2D eigenvalue weighted by Crippen LogP contribution is -2.23. The summed E-state index contributed by atoms with van der Waals surface area (Å²) in [5, 5.41) is 14.3. The number of aryl methyl sites for hydroxylation is 1. The van der Waals surface area contributed by atoms with Gasteiger partial charge < -0.3 is 5.32 Å². The van der Waals surface area contributed by atoms with E-state index in [0.29, 0.717) is 0 Å². The van der Waals surface area contributed by atoms with Crippen molar-refractivity contribution in [2.45, 2.75) is 19.4 Å². The molecule has 0 saturated carbocycles. The molecule has 0 bridgehead atoms. The predicted molar refractivity (Wildman–Crippen MR) is 85.1 cm³/mol. The zero-order valence-corrected chi connectivity index (χ0v) is 12.5. The van der Waals surface area contributed by atoms with Gasteiger partial charge in [0.25, 0.3) is 0 Å². The van der Waals surface area contributed by atoms with Gasteiger partial charge in [0, 0.05) is 25.7 Å². The smallest absolute Gasteiger partial charge is 0.0845 e. The van der Waals surface area contributed by atoms with Gasteiger partial charge in [0.15, 0.2) is 0 Å². The van der Waals surface area contributed by atoms with Gasteiger partial charge in [0.2, 0.25) is 0 Å². The van der Waals surface area contributed by atoms with Gasteiger partial charge >= 0.3 is 0 Å². The summed E-state index contributed by atoms with van der Waals surface area (Å²) in [7, 11) is 1.90. The molecule has 1 N–H and O–H groups in total. The second-order valence-corrected chi connectivity index (χ2v) is 5.30. The Morgan fingerprint density at radius 3 is 2.67 bits per heavy atom. The maximum atomic E-state index is 4.20. The number of hydrogen-bond acceptors (Lipinski definition) is 3. The van der Waals surface area contributed by atoms with E-state index >= 15 is 0 Å². The van der Waals surface area contributed by atoms with Crippen molar-refractivity contribution in [1.82, 2.24) is 20.3 Å². The van der Waals surface area contributed by atoms with Crippen molar-refractivity contribution in [3.8, 4) is 0 Å². The molecule has 3 aromatic rings.